The number of Topliss-reactive ketones (excluding diaryl/α,β-unsaturated/α-hetero) is 1. The Morgan fingerprint density at radius 3 is 2.25 bits per heavy atom. The summed E-state index contributed by atoms with van der Waals surface area (Å²) in [5, 5.41) is 0. The Balaban J connectivity index is 1.97. The monoisotopic (exact) mass is 438 g/mol. The van der Waals surface area contributed by atoms with Crippen molar-refractivity contribution in [1.82, 2.24) is 9.47 Å². The topological polar surface area (TPSA) is 59.4 Å². The molecule has 6 heteroatoms. The highest BCUT2D eigenvalue weighted by Crippen LogP contribution is 2.19. The largest absolute Gasteiger partial charge is 0.339 e. The molecule has 1 heterocycles. The molecule has 28 heavy (non-hydrogen) atoms. The average molecular weight is 439 g/mol. The predicted molar refractivity (Wildman–Crippen MR) is 111 cm³/mol. The molecule has 0 N–H and O–H groups in total. The number of ketones is 1. The lowest BCUT2D eigenvalue weighted by Crippen LogP contribution is -2.41. The molecule has 1 aromatic heterocycles. The van der Waals surface area contributed by atoms with Gasteiger partial charge in [0.1, 0.15) is 0 Å². The number of pyridine rings is 1. The van der Waals surface area contributed by atoms with Crippen LogP contribution in [0.25, 0.3) is 0 Å². The minimum absolute atomic E-state index is 0.339. The minimum atomic E-state index is -1.26. The van der Waals surface area contributed by atoms with Crippen molar-refractivity contribution in [2.24, 2.45) is 0 Å². The molecule has 3 aromatic rings. The molecule has 1 atom stereocenters. The summed E-state index contributed by atoms with van der Waals surface area (Å²) in [6.07, 6.45) is 1.47. The summed E-state index contributed by atoms with van der Waals surface area (Å²) in [5.74, 6) is -0.865. The normalized spacial score (nSPS) is 11.6. The highest BCUT2D eigenvalue weighted by molar-refractivity contribution is 9.10. The first-order valence-electron chi connectivity index (χ1n) is 8.73. The molecule has 0 aliphatic rings. The van der Waals surface area contributed by atoms with Gasteiger partial charge in [-0.05, 0) is 23.8 Å². The molecule has 5 nitrogen and oxygen atoms in total. The van der Waals surface area contributed by atoms with Crippen molar-refractivity contribution in [2.45, 2.75) is 12.6 Å². The van der Waals surface area contributed by atoms with Gasteiger partial charge in [-0.25, -0.2) is 0 Å². The second-order valence-corrected chi connectivity index (χ2v) is 7.32. The molecule has 0 aliphatic heterocycles. The second kappa shape index (κ2) is 8.80. The zero-order valence-corrected chi connectivity index (χ0v) is 16.9. The van der Waals surface area contributed by atoms with Crippen molar-refractivity contribution in [3.8, 4) is 0 Å². The molecule has 0 aliphatic carbocycles. The van der Waals surface area contributed by atoms with Crippen LogP contribution in [-0.4, -0.2) is 28.2 Å². The van der Waals surface area contributed by atoms with Crippen molar-refractivity contribution in [1.29, 1.82) is 0 Å². The summed E-state index contributed by atoms with van der Waals surface area (Å²) >= 11 is 3.34. The molecule has 0 bridgehead atoms. The number of halogens is 1. The van der Waals surface area contributed by atoms with Crippen molar-refractivity contribution in [2.75, 3.05) is 7.05 Å². The van der Waals surface area contributed by atoms with Crippen LogP contribution in [0, 0.1) is 0 Å². The highest BCUT2D eigenvalue weighted by atomic mass is 79.9. The molecular weight excluding hydrogens is 420 g/mol. The van der Waals surface area contributed by atoms with Crippen LogP contribution >= 0.6 is 15.9 Å². The number of aromatic nitrogens is 1. The van der Waals surface area contributed by atoms with Gasteiger partial charge < -0.3 is 4.90 Å². The average Bonchev–Trinajstić information content (AvgIpc) is 2.70. The van der Waals surface area contributed by atoms with Crippen LogP contribution in [0.4, 0.5) is 0 Å². The number of hydrogen-bond acceptors (Lipinski definition) is 3. The summed E-state index contributed by atoms with van der Waals surface area (Å²) < 4.78 is 2.01. The van der Waals surface area contributed by atoms with Gasteiger partial charge in [-0.2, -0.15) is 0 Å². The van der Waals surface area contributed by atoms with Crippen molar-refractivity contribution in [3.05, 3.63) is 105 Å². The Morgan fingerprint density at radius 1 is 0.964 bits per heavy atom. The third kappa shape index (κ3) is 4.46. The van der Waals surface area contributed by atoms with E-state index in [0.717, 1.165) is 10.0 Å². The van der Waals surface area contributed by atoms with Gasteiger partial charge in [0, 0.05) is 35.9 Å². The van der Waals surface area contributed by atoms with E-state index in [2.05, 4.69) is 15.9 Å². The summed E-state index contributed by atoms with van der Waals surface area (Å²) in [5.41, 5.74) is 0.901. The van der Waals surface area contributed by atoms with Gasteiger partial charge in [0.2, 0.25) is 0 Å². The number of amides is 1. The first-order chi connectivity index (χ1) is 13.5. The van der Waals surface area contributed by atoms with E-state index in [1.807, 2.05) is 30.3 Å². The molecule has 1 amide bonds. The van der Waals surface area contributed by atoms with Gasteiger partial charge in [-0.3, -0.25) is 19.0 Å². The zero-order valence-electron chi connectivity index (χ0n) is 15.3. The molecule has 142 valence electrons. The van der Waals surface area contributed by atoms with Gasteiger partial charge in [0.05, 0.1) is 0 Å². The van der Waals surface area contributed by atoms with Gasteiger partial charge >= 0.3 is 0 Å². The van der Waals surface area contributed by atoms with Crippen LogP contribution in [0.5, 0.6) is 0 Å². The van der Waals surface area contributed by atoms with Crippen molar-refractivity contribution < 1.29 is 9.59 Å². The fourth-order valence-electron chi connectivity index (χ4n) is 2.93. The number of likely N-dealkylation sites (N-methyl/N-ethyl adjacent to an activating group) is 1. The minimum Gasteiger partial charge on any atom is -0.339 e. The maximum atomic E-state index is 13.2. The number of nitrogens with zero attached hydrogens (tertiary/aromatic N) is 2. The Bertz CT molecular complexity index is 1030. The van der Waals surface area contributed by atoms with E-state index >= 15 is 0 Å². The van der Waals surface area contributed by atoms with E-state index in [0.29, 0.717) is 12.1 Å². The third-order valence-electron chi connectivity index (χ3n) is 4.38. The van der Waals surface area contributed by atoms with E-state index < -0.39 is 23.3 Å². The Kier molecular flexibility index (Phi) is 6.21. The quantitative estimate of drug-likeness (QED) is 0.435. The number of carbonyl (C=O) groups excluding carboxylic acids is 2. The lowest BCUT2D eigenvalue weighted by atomic mass is 10.0. The van der Waals surface area contributed by atoms with Crippen LogP contribution in [0.1, 0.15) is 22.0 Å². The summed E-state index contributed by atoms with van der Waals surface area (Å²) in [6.45, 7) is 0.339. The van der Waals surface area contributed by atoms with Crippen LogP contribution in [0.2, 0.25) is 0 Å². The Labute approximate surface area is 171 Å². The Hall–Kier alpha value is -2.99. The van der Waals surface area contributed by atoms with E-state index in [-0.39, 0.29) is 0 Å². The number of carbonyl (C=O) groups is 2. The fourth-order valence-corrected chi connectivity index (χ4v) is 3.19. The molecule has 1 unspecified atom stereocenters. The standard InChI is InChI=1S/C22H19BrN2O3/c1-24(15-16-7-3-2-4-8-16)22(28)20(25-14-6-5-9-19(25)26)21(27)17-10-12-18(23)13-11-17/h2-14,20H,15H2,1H3. The van der Waals surface area contributed by atoms with Crippen LogP contribution in [-0.2, 0) is 11.3 Å². The summed E-state index contributed by atoms with van der Waals surface area (Å²) in [7, 11) is 1.63. The van der Waals surface area contributed by atoms with Gasteiger partial charge in [0.25, 0.3) is 11.5 Å². The molecule has 3 rings (SSSR count). The van der Waals surface area contributed by atoms with Crippen LogP contribution < -0.4 is 5.56 Å². The number of benzene rings is 2. The number of hydrogen-bond donors (Lipinski definition) is 0. The summed E-state index contributed by atoms with van der Waals surface area (Å²) in [6, 6.07) is 19.5. The van der Waals surface area contributed by atoms with Crippen LogP contribution in [0.3, 0.4) is 0 Å². The highest BCUT2D eigenvalue weighted by Gasteiger charge is 2.32. The number of rotatable bonds is 6. The van der Waals surface area contributed by atoms with E-state index in [9.17, 15) is 14.4 Å². The van der Waals surface area contributed by atoms with E-state index in [4.69, 9.17) is 0 Å². The Morgan fingerprint density at radius 2 is 1.61 bits per heavy atom. The molecule has 0 fully saturated rings. The van der Waals surface area contributed by atoms with Gasteiger partial charge in [0.15, 0.2) is 11.8 Å². The first kappa shape index (κ1) is 19.8. The maximum Gasteiger partial charge on any atom is 0.253 e. The fraction of sp³-hybridized carbons (Fsp3) is 0.136. The molecule has 0 saturated heterocycles. The lowest BCUT2D eigenvalue weighted by molar-refractivity contribution is -0.132. The van der Waals surface area contributed by atoms with Gasteiger partial charge in [-0.1, -0.05) is 64.5 Å². The molecule has 0 radical (unpaired) electrons. The molecule has 2 aromatic carbocycles. The maximum absolute atomic E-state index is 13.2. The van der Waals surface area contributed by atoms with Crippen LogP contribution in [0.15, 0.2) is 88.3 Å². The van der Waals surface area contributed by atoms with E-state index in [1.165, 1.54) is 21.7 Å². The molecule has 0 spiro atoms. The molecule has 0 saturated carbocycles. The van der Waals surface area contributed by atoms with Gasteiger partial charge in [-0.15, -0.1) is 0 Å². The lowest BCUT2D eigenvalue weighted by Gasteiger charge is -2.24. The van der Waals surface area contributed by atoms with E-state index in [1.54, 1.807) is 43.4 Å². The second-order valence-electron chi connectivity index (χ2n) is 6.40. The summed E-state index contributed by atoms with van der Waals surface area (Å²) in [4.78, 5) is 40.2. The smallest absolute Gasteiger partial charge is 0.253 e. The zero-order chi connectivity index (χ0) is 20.1. The third-order valence-corrected chi connectivity index (χ3v) is 4.91. The molecular formula is C22H19BrN2O3. The van der Waals surface area contributed by atoms with Crippen molar-refractivity contribution >= 4 is 27.6 Å². The predicted octanol–water partition coefficient (Wildman–Crippen LogP) is 3.69. The first-order valence-corrected chi connectivity index (χ1v) is 9.52. The SMILES string of the molecule is CN(Cc1ccccc1)C(=O)C(C(=O)c1ccc(Br)cc1)n1ccccc1=O. The van der Waals surface area contributed by atoms with Crippen molar-refractivity contribution in [3.63, 3.8) is 0 Å².